The van der Waals surface area contributed by atoms with E-state index in [4.69, 9.17) is 5.11 Å². The number of carboxylic acid groups (broad SMARTS) is 1. The van der Waals surface area contributed by atoms with Gasteiger partial charge in [0.1, 0.15) is 0 Å². The van der Waals surface area contributed by atoms with Crippen LogP contribution in [0.2, 0.25) is 0 Å². The van der Waals surface area contributed by atoms with Crippen molar-refractivity contribution in [3.8, 4) is 0 Å². The van der Waals surface area contributed by atoms with Gasteiger partial charge in [0, 0.05) is 0 Å². The number of carboxylic acids is 1. The molecule has 2 unspecified atom stereocenters. The minimum Gasteiger partial charge on any atom is -0.481 e. The molecule has 0 heterocycles. The lowest BCUT2D eigenvalue weighted by Gasteiger charge is -2.31. The van der Waals surface area contributed by atoms with Gasteiger partial charge < -0.3 is 5.11 Å². The van der Waals surface area contributed by atoms with Crippen molar-refractivity contribution in [1.82, 2.24) is 0 Å². The Morgan fingerprint density at radius 2 is 2.08 bits per heavy atom. The largest absolute Gasteiger partial charge is 0.481 e. The van der Waals surface area contributed by atoms with Crippen LogP contribution in [-0.2, 0) is 4.79 Å². The molecule has 2 nitrogen and oxygen atoms in total. The first-order chi connectivity index (χ1) is 5.61. The summed E-state index contributed by atoms with van der Waals surface area (Å²) in [4.78, 5) is 10.8. The Morgan fingerprint density at radius 3 is 2.58 bits per heavy atom. The highest BCUT2D eigenvalue weighted by atomic mass is 16.4. The van der Waals surface area contributed by atoms with Crippen molar-refractivity contribution >= 4 is 5.97 Å². The van der Waals surface area contributed by atoms with E-state index in [1.807, 2.05) is 0 Å². The number of hydrogen-bond acceptors (Lipinski definition) is 1. The zero-order valence-corrected chi connectivity index (χ0v) is 7.55. The molecule has 0 aromatic rings. The second-order valence-corrected chi connectivity index (χ2v) is 4.78. The molecule has 2 rings (SSSR count). The van der Waals surface area contributed by atoms with E-state index >= 15 is 0 Å². The average Bonchev–Trinajstić information content (AvgIpc) is 2.67. The molecule has 0 bridgehead atoms. The van der Waals surface area contributed by atoms with Gasteiger partial charge in [0.05, 0.1) is 5.92 Å². The van der Waals surface area contributed by atoms with E-state index in [2.05, 4.69) is 6.92 Å². The topological polar surface area (TPSA) is 37.3 Å². The molecule has 68 valence electrons. The van der Waals surface area contributed by atoms with Crippen molar-refractivity contribution in [1.29, 1.82) is 0 Å². The monoisotopic (exact) mass is 168 g/mol. The Hall–Kier alpha value is -0.530. The van der Waals surface area contributed by atoms with Crippen molar-refractivity contribution in [3.05, 3.63) is 0 Å². The van der Waals surface area contributed by atoms with Crippen LogP contribution >= 0.6 is 0 Å². The highest BCUT2D eigenvalue weighted by molar-refractivity contribution is 5.70. The number of hydrogen-bond donors (Lipinski definition) is 1. The Bertz CT molecular complexity index is 206. The summed E-state index contributed by atoms with van der Waals surface area (Å²) in [7, 11) is 0. The molecule has 1 N–H and O–H groups in total. The molecule has 0 amide bonds. The zero-order chi connectivity index (χ0) is 8.77. The summed E-state index contributed by atoms with van der Waals surface area (Å²) in [5.74, 6) is 0.00595. The lowest BCUT2D eigenvalue weighted by Crippen LogP contribution is -2.27. The maximum atomic E-state index is 10.8. The van der Waals surface area contributed by atoms with E-state index in [9.17, 15) is 4.79 Å². The summed E-state index contributed by atoms with van der Waals surface area (Å²) in [6.45, 7) is 2.19. The van der Waals surface area contributed by atoms with E-state index in [0.29, 0.717) is 11.3 Å². The van der Waals surface area contributed by atoms with Crippen LogP contribution in [0.5, 0.6) is 0 Å². The first-order valence-corrected chi connectivity index (χ1v) is 4.84. The lowest BCUT2D eigenvalue weighted by molar-refractivity contribution is -0.144. The molecular weight excluding hydrogens is 152 g/mol. The van der Waals surface area contributed by atoms with Gasteiger partial charge in [-0.1, -0.05) is 6.92 Å². The average molecular weight is 168 g/mol. The third-order valence-corrected chi connectivity index (χ3v) is 3.45. The lowest BCUT2D eigenvalue weighted by atomic mass is 9.74. The summed E-state index contributed by atoms with van der Waals surface area (Å²) in [5.41, 5.74) is 0.473. The molecule has 2 aliphatic rings. The fourth-order valence-corrected chi connectivity index (χ4v) is 2.77. The fourth-order valence-electron chi connectivity index (χ4n) is 2.77. The minimum atomic E-state index is -0.576. The highest BCUT2D eigenvalue weighted by Crippen LogP contribution is 2.58. The van der Waals surface area contributed by atoms with Crippen molar-refractivity contribution in [2.24, 2.45) is 17.3 Å². The van der Waals surface area contributed by atoms with Crippen LogP contribution in [-0.4, -0.2) is 11.1 Å². The van der Waals surface area contributed by atoms with Crippen LogP contribution in [0.15, 0.2) is 0 Å². The van der Waals surface area contributed by atoms with Gasteiger partial charge in [-0.05, 0) is 43.4 Å². The predicted molar refractivity (Wildman–Crippen MR) is 45.8 cm³/mol. The molecule has 2 aliphatic carbocycles. The van der Waals surface area contributed by atoms with E-state index < -0.39 is 5.97 Å². The standard InChI is InChI=1S/C10H16O2/c1-7-4-8(9(11)12)6-10(5-7)2-3-10/h7-8H,2-6H2,1H3,(H,11,12). The van der Waals surface area contributed by atoms with Gasteiger partial charge in [0.25, 0.3) is 0 Å². The van der Waals surface area contributed by atoms with Crippen LogP contribution in [0.1, 0.15) is 39.0 Å². The summed E-state index contributed by atoms with van der Waals surface area (Å²) in [5, 5.41) is 8.92. The van der Waals surface area contributed by atoms with Crippen molar-refractivity contribution in [2.45, 2.75) is 39.0 Å². The van der Waals surface area contributed by atoms with Gasteiger partial charge in [0.2, 0.25) is 0 Å². The number of carbonyl (C=O) groups is 1. The molecule has 0 aromatic heterocycles. The summed E-state index contributed by atoms with van der Waals surface area (Å²) >= 11 is 0. The Kier molecular flexibility index (Phi) is 1.67. The van der Waals surface area contributed by atoms with Crippen LogP contribution in [0.25, 0.3) is 0 Å². The second kappa shape index (κ2) is 2.48. The molecule has 2 atom stereocenters. The molecule has 0 aromatic carbocycles. The molecule has 0 saturated heterocycles. The van der Waals surface area contributed by atoms with Crippen LogP contribution in [0.3, 0.4) is 0 Å². The zero-order valence-electron chi connectivity index (χ0n) is 7.55. The molecule has 1 spiro atoms. The SMILES string of the molecule is CC1CC(C(=O)O)CC2(CC2)C1. The fraction of sp³-hybridized carbons (Fsp3) is 0.900. The summed E-state index contributed by atoms with van der Waals surface area (Å²) in [6, 6.07) is 0. The van der Waals surface area contributed by atoms with E-state index in [0.717, 1.165) is 12.8 Å². The van der Waals surface area contributed by atoms with Crippen LogP contribution in [0, 0.1) is 17.3 Å². The molecule has 0 aliphatic heterocycles. The number of aliphatic carboxylic acids is 1. The maximum absolute atomic E-state index is 10.8. The smallest absolute Gasteiger partial charge is 0.306 e. The maximum Gasteiger partial charge on any atom is 0.306 e. The van der Waals surface area contributed by atoms with Crippen molar-refractivity contribution in [3.63, 3.8) is 0 Å². The molecule has 12 heavy (non-hydrogen) atoms. The first-order valence-electron chi connectivity index (χ1n) is 4.84. The van der Waals surface area contributed by atoms with Gasteiger partial charge in [-0.25, -0.2) is 0 Å². The Labute approximate surface area is 73.0 Å². The van der Waals surface area contributed by atoms with Gasteiger partial charge in [-0.2, -0.15) is 0 Å². The quantitative estimate of drug-likeness (QED) is 0.652. The molecule has 2 fully saturated rings. The third-order valence-electron chi connectivity index (χ3n) is 3.45. The van der Waals surface area contributed by atoms with Crippen molar-refractivity contribution in [2.75, 3.05) is 0 Å². The first kappa shape index (κ1) is 8.09. The molecule has 0 radical (unpaired) electrons. The highest BCUT2D eigenvalue weighted by Gasteiger charge is 2.49. The minimum absolute atomic E-state index is 0.0451. The molecule has 2 heteroatoms. The molecular formula is C10H16O2. The van der Waals surface area contributed by atoms with Gasteiger partial charge in [0.15, 0.2) is 0 Å². The number of rotatable bonds is 1. The van der Waals surface area contributed by atoms with E-state index in [1.54, 1.807) is 0 Å². The van der Waals surface area contributed by atoms with Gasteiger partial charge >= 0.3 is 5.97 Å². The third kappa shape index (κ3) is 1.35. The Balaban J connectivity index is 2.04. The van der Waals surface area contributed by atoms with E-state index in [-0.39, 0.29) is 5.92 Å². The predicted octanol–water partition coefficient (Wildman–Crippen LogP) is 2.29. The van der Waals surface area contributed by atoms with E-state index in [1.165, 1.54) is 19.3 Å². The second-order valence-electron chi connectivity index (χ2n) is 4.78. The van der Waals surface area contributed by atoms with Gasteiger partial charge in [-0.15, -0.1) is 0 Å². The summed E-state index contributed by atoms with van der Waals surface area (Å²) in [6.07, 6.45) is 5.68. The normalized spacial score (nSPS) is 38.1. The Morgan fingerprint density at radius 1 is 1.42 bits per heavy atom. The summed E-state index contributed by atoms with van der Waals surface area (Å²) < 4.78 is 0. The van der Waals surface area contributed by atoms with Crippen LogP contribution in [0.4, 0.5) is 0 Å². The van der Waals surface area contributed by atoms with Crippen LogP contribution < -0.4 is 0 Å². The molecule has 2 saturated carbocycles. The van der Waals surface area contributed by atoms with Gasteiger partial charge in [-0.3, -0.25) is 4.79 Å². The van der Waals surface area contributed by atoms with Crippen molar-refractivity contribution < 1.29 is 9.90 Å².